The van der Waals surface area contributed by atoms with Crippen LogP contribution in [0.3, 0.4) is 0 Å². The Balaban J connectivity index is 1.33. The van der Waals surface area contributed by atoms with Gasteiger partial charge in [0.15, 0.2) is 0 Å². The third-order valence-electron chi connectivity index (χ3n) is 4.78. The highest BCUT2D eigenvalue weighted by Crippen LogP contribution is 2.36. The van der Waals surface area contributed by atoms with Gasteiger partial charge in [-0.05, 0) is 47.1 Å². The van der Waals surface area contributed by atoms with Crippen LogP contribution in [-0.2, 0) is 22.4 Å². The molecule has 2 aromatic rings. The van der Waals surface area contributed by atoms with Crippen molar-refractivity contribution in [2.24, 2.45) is 0 Å². The summed E-state index contributed by atoms with van der Waals surface area (Å²) in [7, 11) is 0. The van der Waals surface area contributed by atoms with Gasteiger partial charge in [0.2, 0.25) is 11.8 Å². The molecule has 4 amide bonds. The van der Waals surface area contributed by atoms with Gasteiger partial charge in [0.25, 0.3) is 0 Å². The smallest absolute Gasteiger partial charge is 0.275 e. The topological polar surface area (TPSA) is 78.5 Å². The molecule has 4 rings (SSSR count). The minimum absolute atomic E-state index is 0.130. The first-order chi connectivity index (χ1) is 12.6. The molecule has 26 heavy (non-hydrogen) atoms. The Labute approximate surface area is 151 Å². The van der Waals surface area contributed by atoms with Crippen LogP contribution in [0.5, 0.6) is 0 Å². The fourth-order valence-electron chi connectivity index (χ4n) is 3.52. The van der Waals surface area contributed by atoms with E-state index in [0.717, 1.165) is 17.9 Å². The van der Waals surface area contributed by atoms with Crippen LogP contribution in [0.4, 0.5) is 4.79 Å². The molecule has 2 aliphatic rings. The average molecular weight is 349 g/mol. The van der Waals surface area contributed by atoms with Crippen molar-refractivity contribution >= 4 is 17.8 Å². The van der Waals surface area contributed by atoms with E-state index in [1.165, 1.54) is 27.8 Å². The molecule has 0 unspecified atom stereocenters. The predicted octanol–water partition coefficient (Wildman–Crippen LogP) is 2.16. The molecule has 1 saturated heterocycles. The maximum atomic E-state index is 11.9. The van der Waals surface area contributed by atoms with E-state index in [1.54, 1.807) is 0 Å². The van der Waals surface area contributed by atoms with Crippen molar-refractivity contribution in [2.75, 3.05) is 6.54 Å². The maximum Gasteiger partial charge on any atom is 0.343 e. The predicted molar refractivity (Wildman–Crippen MR) is 96.0 cm³/mol. The fraction of sp³-hybridized carbons (Fsp3) is 0.250. The number of hydrogen-bond acceptors (Lipinski definition) is 3. The molecule has 2 aromatic carbocycles. The third kappa shape index (κ3) is 3.18. The summed E-state index contributed by atoms with van der Waals surface area (Å²) in [5.74, 6) is -0.671. The fourth-order valence-corrected chi connectivity index (χ4v) is 3.52. The standard InChI is InChI=1S/C20H19N3O3/c24-18(22-23-12-19(25)21-20(23)26)7-3-4-13-8-9-15-11-14-5-1-2-6-16(14)17(15)10-13/h1-2,5-6,8-10H,3-4,7,11-12H2,(H,22,24)(H,21,25,26). The Morgan fingerprint density at radius 1 is 1.08 bits per heavy atom. The number of imide groups is 1. The van der Waals surface area contributed by atoms with Gasteiger partial charge < -0.3 is 0 Å². The van der Waals surface area contributed by atoms with E-state index < -0.39 is 11.9 Å². The molecule has 0 bridgehead atoms. The van der Waals surface area contributed by atoms with Crippen LogP contribution in [-0.4, -0.2) is 29.4 Å². The normalized spacial score (nSPS) is 14.8. The lowest BCUT2D eigenvalue weighted by atomic mass is 10.00. The van der Waals surface area contributed by atoms with Crippen molar-refractivity contribution < 1.29 is 14.4 Å². The summed E-state index contributed by atoms with van der Waals surface area (Å²) in [6, 6.07) is 14.4. The van der Waals surface area contributed by atoms with Gasteiger partial charge in [-0.1, -0.05) is 42.5 Å². The Kier molecular flexibility index (Phi) is 4.16. The van der Waals surface area contributed by atoms with Gasteiger partial charge in [0.1, 0.15) is 6.54 Å². The molecule has 1 aliphatic carbocycles. The van der Waals surface area contributed by atoms with Gasteiger partial charge in [0.05, 0.1) is 0 Å². The van der Waals surface area contributed by atoms with Crippen LogP contribution >= 0.6 is 0 Å². The molecular weight excluding hydrogens is 330 g/mol. The number of aryl methyl sites for hydroxylation is 1. The average Bonchev–Trinajstić information content (AvgIpc) is 3.14. The van der Waals surface area contributed by atoms with Crippen LogP contribution in [0.25, 0.3) is 11.1 Å². The molecule has 0 atom stereocenters. The first-order valence-electron chi connectivity index (χ1n) is 8.71. The third-order valence-corrected chi connectivity index (χ3v) is 4.78. The van der Waals surface area contributed by atoms with Gasteiger partial charge in [-0.2, -0.15) is 0 Å². The summed E-state index contributed by atoms with van der Waals surface area (Å²) >= 11 is 0. The highest BCUT2D eigenvalue weighted by Gasteiger charge is 2.27. The lowest BCUT2D eigenvalue weighted by molar-refractivity contribution is -0.125. The van der Waals surface area contributed by atoms with E-state index in [0.29, 0.717) is 12.8 Å². The molecule has 1 fully saturated rings. The molecule has 0 saturated carbocycles. The van der Waals surface area contributed by atoms with Crippen LogP contribution in [0.2, 0.25) is 0 Å². The second-order valence-corrected chi connectivity index (χ2v) is 6.65. The number of fused-ring (bicyclic) bond motifs is 3. The van der Waals surface area contributed by atoms with Crippen molar-refractivity contribution in [2.45, 2.75) is 25.7 Å². The number of nitrogens with zero attached hydrogens (tertiary/aromatic N) is 1. The summed E-state index contributed by atoms with van der Waals surface area (Å²) in [4.78, 5) is 34.5. The van der Waals surface area contributed by atoms with E-state index >= 15 is 0 Å². The second kappa shape index (κ2) is 6.63. The zero-order chi connectivity index (χ0) is 18.1. The number of carbonyl (C=O) groups excluding carboxylic acids is 3. The number of amides is 4. The number of hydrazine groups is 1. The molecule has 1 aliphatic heterocycles. The zero-order valence-electron chi connectivity index (χ0n) is 14.2. The SMILES string of the molecule is O=C1CN(NC(=O)CCCc2ccc3c(c2)-c2ccccc2C3)C(=O)N1. The Bertz CT molecular complexity index is 907. The summed E-state index contributed by atoms with van der Waals surface area (Å²) in [6.07, 6.45) is 2.74. The minimum Gasteiger partial charge on any atom is -0.275 e. The molecule has 0 radical (unpaired) electrons. The summed E-state index contributed by atoms with van der Waals surface area (Å²) in [5, 5.41) is 3.13. The molecular formula is C20H19N3O3. The van der Waals surface area contributed by atoms with Crippen molar-refractivity contribution in [3.05, 3.63) is 59.2 Å². The first-order valence-corrected chi connectivity index (χ1v) is 8.71. The highest BCUT2D eigenvalue weighted by atomic mass is 16.2. The summed E-state index contributed by atoms with van der Waals surface area (Å²) in [5.41, 5.74) is 8.95. The molecule has 6 heteroatoms. The quantitative estimate of drug-likeness (QED) is 0.693. The summed E-state index contributed by atoms with van der Waals surface area (Å²) < 4.78 is 0. The minimum atomic E-state index is -0.583. The summed E-state index contributed by atoms with van der Waals surface area (Å²) in [6.45, 7) is -0.130. The number of carbonyl (C=O) groups is 3. The van der Waals surface area contributed by atoms with Crippen LogP contribution < -0.4 is 10.7 Å². The lowest BCUT2D eigenvalue weighted by Gasteiger charge is -2.14. The van der Waals surface area contributed by atoms with Gasteiger partial charge in [-0.15, -0.1) is 0 Å². The van der Waals surface area contributed by atoms with E-state index in [-0.39, 0.29) is 12.5 Å². The molecule has 2 N–H and O–H groups in total. The zero-order valence-corrected chi connectivity index (χ0v) is 14.2. The van der Waals surface area contributed by atoms with Crippen molar-refractivity contribution in [1.82, 2.24) is 15.8 Å². The van der Waals surface area contributed by atoms with E-state index in [4.69, 9.17) is 0 Å². The Morgan fingerprint density at radius 2 is 1.88 bits per heavy atom. The highest BCUT2D eigenvalue weighted by molar-refractivity contribution is 6.02. The second-order valence-electron chi connectivity index (χ2n) is 6.65. The number of hydrogen-bond donors (Lipinski definition) is 2. The van der Waals surface area contributed by atoms with Crippen LogP contribution in [0.15, 0.2) is 42.5 Å². The van der Waals surface area contributed by atoms with Crippen LogP contribution in [0, 0.1) is 0 Å². The van der Waals surface area contributed by atoms with Crippen molar-refractivity contribution in [3.63, 3.8) is 0 Å². The lowest BCUT2D eigenvalue weighted by Crippen LogP contribution is -2.44. The maximum absolute atomic E-state index is 11.9. The number of rotatable bonds is 5. The molecule has 1 heterocycles. The van der Waals surface area contributed by atoms with E-state index in [2.05, 4.69) is 53.2 Å². The molecule has 0 spiro atoms. The Morgan fingerprint density at radius 3 is 2.69 bits per heavy atom. The first kappa shape index (κ1) is 16.3. The van der Waals surface area contributed by atoms with Gasteiger partial charge in [-0.3, -0.25) is 20.3 Å². The van der Waals surface area contributed by atoms with Gasteiger partial charge in [-0.25, -0.2) is 9.80 Å². The largest absolute Gasteiger partial charge is 0.343 e. The number of benzene rings is 2. The Hall–Kier alpha value is -3.15. The van der Waals surface area contributed by atoms with E-state index in [1.807, 2.05) is 0 Å². The van der Waals surface area contributed by atoms with Crippen molar-refractivity contribution in [1.29, 1.82) is 0 Å². The van der Waals surface area contributed by atoms with Gasteiger partial charge in [0, 0.05) is 6.42 Å². The van der Waals surface area contributed by atoms with E-state index in [9.17, 15) is 14.4 Å². The molecule has 132 valence electrons. The number of urea groups is 1. The van der Waals surface area contributed by atoms with Crippen LogP contribution in [0.1, 0.15) is 29.5 Å². The molecule has 0 aromatic heterocycles. The number of nitrogens with one attached hydrogen (secondary N) is 2. The monoisotopic (exact) mass is 349 g/mol. The van der Waals surface area contributed by atoms with Crippen molar-refractivity contribution in [3.8, 4) is 11.1 Å². The van der Waals surface area contributed by atoms with Gasteiger partial charge >= 0.3 is 6.03 Å². The molecule has 6 nitrogen and oxygen atoms in total.